The molecule has 1 aromatic rings. The Morgan fingerprint density at radius 1 is 1.44 bits per heavy atom. The molecule has 0 bridgehead atoms. The summed E-state index contributed by atoms with van der Waals surface area (Å²) in [6.07, 6.45) is 5.72. The summed E-state index contributed by atoms with van der Waals surface area (Å²) in [5, 5.41) is 11.3. The fraction of sp³-hybridized carbons (Fsp3) is 0.250. The van der Waals surface area contributed by atoms with E-state index in [1.54, 1.807) is 6.08 Å². The average molecular weight is 249 g/mol. The second kappa shape index (κ2) is 6.51. The van der Waals surface area contributed by atoms with Crippen molar-refractivity contribution in [1.29, 1.82) is 0 Å². The number of aromatic nitrogens is 1. The lowest BCUT2D eigenvalue weighted by atomic mass is 10.2. The summed E-state index contributed by atoms with van der Waals surface area (Å²) in [7, 11) is 3.78. The minimum Gasteiger partial charge on any atom is -0.478 e. The Bertz CT molecular complexity index is 469. The number of anilines is 1. The first-order valence-corrected chi connectivity index (χ1v) is 5.29. The Morgan fingerprint density at radius 3 is 2.78 bits per heavy atom. The van der Waals surface area contributed by atoms with Crippen molar-refractivity contribution in [2.24, 2.45) is 0 Å². The number of rotatable bonds is 5. The lowest BCUT2D eigenvalue weighted by molar-refractivity contribution is -0.111. The number of likely N-dealkylation sites (N-methyl/N-ethyl adjacent to an activating group) is 1. The van der Waals surface area contributed by atoms with Crippen LogP contribution in [0.15, 0.2) is 30.6 Å². The normalized spacial score (nSPS) is 10.8. The zero-order valence-electron chi connectivity index (χ0n) is 10.3. The SMILES string of the molecule is CN(C)C/C=C/C(=O)Nc1cncc(C(=O)O)c1. The summed E-state index contributed by atoms with van der Waals surface area (Å²) < 4.78 is 0. The monoisotopic (exact) mass is 249 g/mol. The van der Waals surface area contributed by atoms with Gasteiger partial charge in [-0.1, -0.05) is 6.08 Å². The highest BCUT2D eigenvalue weighted by atomic mass is 16.4. The van der Waals surface area contributed by atoms with E-state index in [1.165, 1.54) is 24.5 Å². The predicted octanol–water partition coefficient (Wildman–Crippen LogP) is 0.836. The summed E-state index contributed by atoms with van der Waals surface area (Å²) in [5.74, 6) is -1.40. The molecular formula is C12H15N3O3. The largest absolute Gasteiger partial charge is 0.478 e. The van der Waals surface area contributed by atoms with E-state index in [1.807, 2.05) is 19.0 Å². The van der Waals surface area contributed by atoms with Crippen LogP contribution in [0.2, 0.25) is 0 Å². The van der Waals surface area contributed by atoms with Crippen LogP contribution in [-0.4, -0.2) is 47.5 Å². The van der Waals surface area contributed by atoms with Gasteiger partial charge in [-0.25, -0.2) is 4.79 Å². The minimum atomic E-state index is -1.08. The number of hydrogen-bond donors (Lipinski definition) is 2. The number of amides is 1. The summed E-state index contributed by atoms with van der Waals surface area (Å²) in [4.78, 5) is 27.8. The van der Waals surface area contributed by atoms with Crippen LogP contribution < -0.4 is 5.32 Å². The smallest absolute Gasteiger partial charge is 0.337 e. The van der Waals surface area contributed by atoms with E-state index in [9.17, 15) is 9.59 Å². The number of carboxylic acid groups (broad SMARTS) is 1. The molecule has 0 aliphatic heterocycles. The van der Waals surface area contributed by atoms with E-state index in [2.05, 4.69) is 10.3 Å². The molecule has 18 heavy (non-hydrogen) atoms. The minimum absolute atomic E-state index is 0.0325. The van der Waals surface area contributed by atoms with Gasteiger partial charge in [-0.15, -0.1) is 0 Å². The molecule has 0 saturated heterocycles. The van der Waals surface area contributed by atoms with Gasteiger partial charge in [-0.3, -0.25) is 9.78 Å². The van der Waals surface area contributed by atoms with Gasteiger partial charge >= 0.3 is 5.97 Å². The molecule has 6 heteroatoms. The van der Waals surface area contributed by atoms with Crippen LogP contribution in [0, 0.1) is 0 Å². The third kappa shape index (κ3) is 4.75. The standard InChI is InChI=1S/C12H15N3O3/c1-15(2)5-3-4-11(16)14-10-6-9(12(17)18)7-13-8-10/h3-4,6-8H,5H2,1-2H3,(H,14,16)(H,17,18)/b4-3+. The molecule has 1 amide bonds. The van der Waals surface area contributed by atoms with Gasteiger partial charge in [0.25, 0.3) is 0 Å². The first kappa shape index (κ1) is 13.9. The average Bonchev–Trinajstić information content (AvgIpc) is 2.28. The Morgan fingerprint density at radius 2 is 2.17 bits per heavy atom. The van der Waals surface area contributed by atoms with Gasteiger partial charge in [-0.2, -0.15) is 0 Å². The van der Waals surface area contributed by atoms with Crippen LogP contribution >= 0.6 is 0 Å². The summed E-state index contributed by atoms with van der Waals surface area (Å²) in [6, 6.07) is 1.35. The Labute approximate surface area is 105 Å². The maximum absolute atomic E-state index is 11.5. The molecule has 0 saturated carbocycles. The maximum atomic E-state index is 11.5. The number of nitrogens with one attached hydrogen (secondary N) is 1. The van der Waals surface area contributed by atoms with Gasteiger partial charge in [0.1, 0.15) is 0 Å². The van der Waals surface area contributed by atoms with Crippen LogP contribution in [0.1, 0.15) is 10.4 Å². The zero-order chi connectivity index (χ0) is 13.5. The number of nitrogens with zero attached hydrogens (tertiary/aromatic N) is 2. The Balaban J connectivity index is 2.62. The molecule has 0 radical (unpaired) electrons. The van der Waals surface area contributed by atoms with Gasteiger partial charge in [0.15, 0.2) is 0 Å². The highest BCUT2D eigenvalue weighted by Crippen LogP contribution is 2.08. The van der Waals surface area contributed by atoms with Crippen molar-refractivity contribution in [3.8, 4) is 0 Å². The van der Waals surface area contributed by atoms with E-state index in [-0.39, 0.29) is 11.5 Å². The van der Waals surface area contributed by atoms with Crippen LogP contribution in [0.5, 0.6) is 0 Å². The number of pyridine rings is 1. The van der Waals surface area contributed by atoms with E-state index >= 15 is 0 Å². The molecule has 6 nitrogen and oxygen atoms in total. The second-order valence-corrected chi connectivity index (χ2v) is 3.92. The topological polar surface area (TPSA) is 82.5 Å². The molecule has 0 aliphatic carbocycles. The number of carbonyl (C=O) groups excluding carboxylic acids is 1. The zero-order valence-corrected chi connectivity index (χ0v) is 10.3. The third-order valence-corrected chi connectivity index (χ3v) is 1.99. The molecule has 2 N–H and O–H groups in total. The van der Waals surface area contributed by atoms with Gasteiger partial charge in [0.05, 0.1) is 17.4 Å². The quantitative estimate of drug-likeness (QED) is 0.755. The van der Waals surface area contributed by atoms with E-state index in [0.29, 0.717) is 12.2 Å². The fourth-order valence-electron chi connectivity index (χ4n) is 1.18. The molecule has 1 heterocycles. The molecule has 96 valence electrons. The van der Waals surface area contributed by atoms with Crippen molar-refractivity contribution in [3.05, 3.63) is 36.2 Å². The van der Waals surface area contributed by atoms with Crippen LogP contribution in [0.4, 0.5) is 5.69 Å². The van der Waals surface area contributed by atoms with E-state index in [4.69, 9.17) is 5.11 Å². The molecule has 1 aromatic heterocycles. The van der Waals surface area contributed by atoms with Gasteiger partial charge in [0, 0.05) is 18.8 Å². The molecule has 0 aromatic carbocycles. The van der Waals surface area contributed by atoms with Crippen molar-refractivity contribution < 1.29 is 14.7 Å². The molecular weight excluding hydrogens is 234 g/mol. The molecule has 0 atom stereocenters. The van der Waals surface area contributed by atoms with Crippen molar-refractivity contribution in [3.63, 3.8) is 0 Å². The van der Waals surface area contributed by atoms with Gasteiger partial charge in [0.2, 0.25) is 5.91 Å². The van der Waals surface area contributed by atoms with E-state index in [0.717, 1.165) is 0 Å². The molecule has 1 rings (SSSR count). The summed E-state index contributed by atoms with van der Waals surface area (Å²) in [5.41, 5.74) is 0.388. The lowest BCUT2D eigenvalue weighted by Crippen LogP contribution is -2.13. The first-order chi connectivity index (χ1) is 8.49. The second-order valence-electron chi connectivity index (χ2n) is 3.92. The van der Waals surface area contributed by atoms with Crippen molar-refractivity contribution in [2.75, 3.05) is 26.0 Å². The van der Waals surface area contributed by atoms with Gasteiger partial charge < -0.3 is 15.3 Å². The Kier molecular flexibility index (Phi) is 5.01. The van der Waals surface area contributed by atoms with Crippen LogP contribution in [-0.2, 0) is 4.79 Å². The van der Waals surface area contributed by atoms with Crippen LogP contribution in [0.25, 0.3) is 0 Å². The summed E-state index contributed by atoms with van der Waals surface area (Å²) in [6.45, 7) is 0.654. The molecule has 0 fully saturated rings. The van der Waals surface area contributed by atoms with Gasteiger partial charge in [-0.05, 0) is 20.2 Å². The molecule has 0 spiro atoms. The van der Waals surface area contributed by atoms with Crippen molar-refractivity contribution in [2.45, 2.75) is 0 Å². The maximum Gasteiger partial charge on any atom is 0.337 e. The molecule has 0 aliphatic rings. The third-order valence-electron chi connectivity index (χ3n) is 1.99. The van der Waals surface area contributed by atoms with Crippen LogP contribution in [0.3, 0.4) is 0 Å². The van der Waals surface area contributed by atoms with Crippen molar-refractivity contribution in [1.82, 2.24) is 9.88 Å². The highest BCUT2D eigenvalue weighted by Gasteiger charge is 2.05. The van der Waals surface area contributed by atoms with Crippen molar-refractivity contribution >= 4 is 17.6 Å². The number of carbonyl (C=O) groups is 2. The fourth-order valence-corrected chi connectivity index (χ4v) is 1.18. The summed E-state index contributed by atoms with van der Waals surface area (Å²) >= 11 is 0. The Hall–Kier alpha value is -2.21. The highest BCUT2D eigenvalue weighted by molar-refractivity contribution is 6.00. The van der Waals surface area contributed by atoms with E-state index < -0.39 is 5.97 Å². The number of carboxylic acids is 1. The predicted molar refractivity (Wildman–Crippen MR) is 67.5 cm³/mol. The first-order valence-electron chi connectivity index (χ1n) is 5.29. The molecule has 0 unspecified atom stereocenters. The number of aromatic carboxylic acids is 1. The number of hydrogen-bond acceptors (Lipinski definition) is 4. The lowest BCUT2D eigenvalue weighted by Gasteiger charge is -2.04.